The van der Waals surface area contributed by atoms with E-state index in [1.165, 1.54) is 5.56 Å². The summed E-state index contributed by atoms with van der Waals surface area (Å²) in [5.74, 6) is 0.944. The van der Waals surface area contributed by atoms with Gasteiger partial charge in [0.25, 0.3) is 0 Å². The molecule has 0 saturated carbocycles. The molecule has 3 rings (SSSR count). The fraction of sp³-hybridized carbons (Fsp3) is 0.556. The highest BCUT2D eigenvalue weighted by molar-refractivity contribution is 5.77. The molecular weight excluding hydrogens is 320 g/mol. The van der Waals surface area contributed by atoms with Gasteiger partial charge in [0.05, 0.1) is 13.1 Å². The number of urea groups is 1. The number of likely N-dealkylation sites (N-methyl/N-ethyl adjacent to an activating group) is 1. The first-order chi connectivity index (χ1) is 12.1. The Hall–Kier alpha value is -2.28. The molecule has 0 aromatic heterocycles. The fourth-order valence-corrected chi connectivity index (χ4v) is 3.33. The lowest BCUT2D eigenvalue weighted by molar-refractivity contribution is -0.122. The second-order valence-electron chi connectivity index (χ2n) is 6.63. The van der Waals surface area contributed by atoms with Crippen LogP contribution in [0.25, 0.3) is 0 Å². The number of nitrogens with zero attached hydrogens (tertiary/aromatic N) is 1. The average molecular weight is 346 g/mol. The first kappa shape index (κ1) is 17.5. The lowest BCUT2D eigenvalue weighted by atomic mass is 10.1. The molecule has 0 aliphatic carbocycles. The Balaban J connectivity index is 1.33. The highest BCUT2D eigenvalue weighted by Gasteiger charge is 2.24. The van der Waals surface area contributed by atoms with E-state index < -0.39 is 0 Å². The van der Waals surface area contributed by atoms with Crippen LogP contribution in [0.3, 0.4) is 0 Å². The summed E-state index contributed by atoms with van der Waals surface area (Å²) in [4.78, 5) is 25.6. The van der Waals surface area contributed by atoms with E-state index in [0.717, 1.165) is 38.1 Å². The first-order valence-corrected chi connectivity index (χ1v) is 8.86. The summed E-state index contributed by atoms with van der Waals surface area (Å²) >= 11 is 0. The lowest BCUT2D eigenvalue weighted by Gasteiger charge is -2.31. The molecule has 0 radical (unpaired) electrons. The van der Waals surface area contributed by atoms with Crippen LogP contribution in [-0.2, 0) is 11.2 Å². The van der Waals surface area contributed by atoms with Gasteiger partial charge in [-0.05, 0) is 24.5 Å². The maximum atomic E-state index is 12.1. The number of rotatable bonds is 5. The van der Waals surface area contributed by atoms with Gasteiger partial charge in [-0.15, -0.1) is 0 Å². The number of nitrogens with one attached hydrogen (secondary N) is 3. The third-order valence-corrected chi connectivity index (χ3v) is 4.77. The van der Waals surface area contributed by atoms with Crippen LogP contribution in [0.15, 0.2) is 24.3 Å². The van der Waals surface area contributed by atoms with E-state index >= 15 is 0 Å². The predicted octanol–water partition coefficient (Wildman–Crippen LogP) is 0.500. The van der Waals surface area contributed by atoms with E-state index in [1.54, 1.807) is 7.05 Å². The molecule has 7 nitrogen and oxygen atoms in total. The molecule has 1 aromatic rings. The van der Waals surface area contributed by atoms with Crippen molar-refractivity contribution in [3.05, 3.63) is 29.8 Å². The van der Waals surface area contributed by atoms with Crippen LogP contribution in [-0.4, -0.2) is 62.2 Å². The number of ether oxygens (including phenoxy) is 1. The topological polar surface area (TPSA) is 82.7 Å². The quantitative estimate of drug-likeness (QED) is 0.725. The third-order valence-electron chi connectivity index (χ3n) is 4.77. The van der Waals surface area contributed by atoms with Crippen LogP contribution in [0.5, 0.6) is 5.75 Å². The Bertz CT molecular complexity index is 589. The zero-order valence-corrected chi connectivity index (χ0v) is 14.6. The Morgan fingerprint density at radius 3 is 2.72 bits per heavy atom. The molecule has 2 aliphatic heterocycles. The average Bonchev–Trinajstić information content (AvgIpc) is 3.04. The fourth-order valence-electron chi connectivity index (χ4n) is 3.33. The molecule has 7 heteroatoms. The third kappa shape index (κ3) is 4.85. The van der Waals surface area contributed by atoms with Crippen LogP contribution in [0, 0.1) is 0 Å². The molecule has 1 atom stereocenters. The van der Waals surface area contributed by atoms with Crippen molar-refractivity contribution in [2.75, 3.05) is 33.2 Å². The number of fused-ring (bicyclic) bond motifs is 1. The number of piperidine rings is 1. The minimum Gasteiger partial charge on any atom is -0.488 e. The number of para-hydroxylation sites is 1. The van der Waals surface area contributed by atoms with E-state index in [9.17, 15) is 9.59 Å². The predicted molar refractivity (Wildman–Crippen MR) is 94.6 cm³/mol. The molecule has 2 heterocycles. The van der Waals surface area contributed by atoms with Crippen molar-refractivity contribution in [1.82, 2.24) is 20.9 Å². The summed E-state index contributed by atoms with van der Waals surface area (Å²) in [7, 11) is 1.65. The second-order valence-corrected chi connectivity index (χ2v) is 6.63. The van der Waals surface area contributed by atoms with Crippen molar-refractivity contribution < 1.29 is 14.3 Å². The Morgan fingerprint density at radius 2 is 2.00 bits per heavy atom. The van der Waals surface area contributed by atoms with E-state index in [4.69, 9.17) is 4.74 Å². The number of amides is 3. The molecule has 25 heavy (non-hydrogen) atoms. The molecular formula is C18H26N4O3. The molecule has 1 fully saturated rings. The van der Waals surface area contributed by atoms with Crippen molar-refractivity contribution >= 4 is 11.9 Å². The van der Waals surface area contributed by atoms with Gasteiger partial charge in [0.1, 0.15) is 11.9 Å². The zero-order chi connectivity index (χ0) is 17.6. The van der Waals surface area contributed by atoms with Gasteiger partial charge in [0.2, 0.25) is 5.91 Å². The van der Waals surface area contributed by atoms with Gasteiger partial charge in [0.15, 0.2) is 0 Å². The van der Waals surface area contributed by atoms with Gasteiger partial charge in [0, 0.05) is 32.6 Å². The molecule has 0 bridgehead atoms. The molecule has 0 spiro atoms. The van der Waals surface area contributed by atoms with Crippen molar-refractivity contribution in [2.45, 2.75) is 31.4 Å². The largest absolute Gasteiger partial charge is 0.488 e. The van der Waals surface area contributed by atoms with E-state index in [-0.39, 0.29) is 24.1 Å². The van der Waals surface area contributed by atoms with E-state index in [1.807, 2.05) is 18.2 Å². The zero-order valence-electron chi connectivity index (χ0n) is 14.6. The Morgan fingerprint density at radius 1 is 1.24 bits per heavy atom. The van der Waals surface area contributed by atoms with E-state index in [2.05, 4.69) is 26.9 Å². The minimum atomic E-state index is -0.149. The monoisotopic (exact) mass is 346 g/mol. The number of hydrogen-bond donors (Lipinski definition) is 3. The maximum absolute atomic E-state index is 12.1. The first-order valence-electron chi connectivity index (χ1n) is 8.86. The van der Waals surface area contributed by atoms with Crippen molar-refractivity contribution in [2.24, 2.45) is 0 Å². The normalized spacial score (nSPS) is 20.4. The Kier molecular flexibility index (Phi) is 5.75. The van der Waals surface area contributed by atoms with Crippen LogP contribution in [0.4, 0.5) is 4.79 Å². The van der Waals surface area contributed by atoms with Gasteiger partial charge >= 0.3 is 6.03 Å². The Labute approximate surface area is 148 Å². The highest BCUT2D eigenvalue weighted by Crippen LogP contribution is 2.27. The summed E-state index contributed by atoms with van der Waals surface area (Å²) in [5, 5.41) is 8.56. The molecule has 3 N–H and O–H groups in total. The number of benzene rings is 1. The van der Waals surface area contributed by atoms with Crippen molar-refractivity contribution in [3.8, 4) is 5.75 Å². The van der Waals surface area contributed by atoms with Gasteiger partial charge in [-0.25, -0.2) is 4.79 Å². The maximum Gasteiger partial charge on any atom is 0.315 e. The van der Waals surface area contributed by atoms with Gasteiger partial charge < -0.3 is 20.7 Å². The van der Waals surface area contributed by atoms with Crippen LogP contribution < -0.4 is 20.7 Å². The summed E-state index contributed by atoms with van der Waals surface area (Å²) in [6.07, 6.45) is 2.54. The highest BCUT2D eigenvalue weighted by atomic mass is 16.5. The number of carbonyl (C=O) groups excluding carboxylic acids is 2. The summed E-state index contributed by atoms with van der Waals surface area (Å²) in [6.45, 7) is 2.56. The standard InChI is InChI=1S/C18H26N4O3/c1-19-17(23)12-22-8-6-14(7-9-22)21-18(24)20-11-15-10-13-4-2-3-5-16(13)25-15/h2-5,14-15H,6-12H2,1H3,(H,19,23)(H2,20,21,24)/t15-/m0/s1. The lowest BCUT2D eigenvalue weighted by Crippen LogP contribution is -2.50. The van der Waals surface area contributed by atoms with Gasteiger partial charge in [-0.1, -0.05) is 18.2 Å². The van der Waals surface area contributed by atoms with Crippen LogP contribution >= 0.6 is 0 Å². The van der Waals surface area contributed by atoms with Crippen LogP contribution in [0.1, 0.15) is 18.4 Å². The smallest absolute Gasteiger partial charge is 0.315 e. The number of carbonyl (C=O) groups is 2. The SMILES string of the molecule is CNC(=O)CN1CCC(NC(=O)NC[C@@H]2Cc3ccccc3O2)CC1. The van der Waals surface area contributed by atoms with Gasteiger partial charge in [-0.2, -0.15) is 0 Å². The van der Waals surface area contributed by atoms with Crippen LogP contribution in [0.2, 0.25) is 0 Å². The van der Waals surface area contributed by atoms with Crippen molar-refractivity contribution in [3.63, 3.8) is 0 Å². The summed E-state index contributed by atoms with van der Waals surface area (Å²) < 4.78 is 5.82. The molecule has 1 saturated heterocycles. The summed E-state index contributed by atoms with van der Waals surface area (Å²) in [6, 6.07) is 7.98. The number of likely N-dealkylation sites (tertiary alicyclic amines) is 1. The minimum absolute atomic E-state index is 0.00227. The molecule has 3 amide bonds. The molecule has 136 valence electrons. The number of hydrogen-bond acceptors (Lipinski definition) is 4. The summed E-state index contributed by atoms with van der Waals surface area (Å²) in [5.41, 5.74) is 1.19. The molecule has 2 aliphatic rings. The van der Waals surface area contributed by atoms with Crippen molar-refractivity contribution in [1.29, 1.82) is 0 Å². The molecule has 0 unspecified atom stereocenters. The molecule has 1 aromatic carbocycles. The second kappa shape index (κ2) is 8.20. The van der Waals surface area contributed by atoms with Gasteiger partial charge in [-0.3, -0.25) is 9.69 Å². The van der Waals surface area contributed by atoms with E-state index in [0.29, 0.717) is 13.1 Å².